The van der Waals surface area contributed by atoms with Crippen molar-refractivity contribution in [2.45, 2.75) is 37.8 Å². The second-order valence-corrected chi connectivity index (χ2v) is 9.13. The van der Waals surface area contributed by atoms with E-state index in [4.69, 9.17) is 0 Å². The highest BCUT2D eigenvalue weighted by Crippen LogP contribution is 2.18. The molecule has 0 saturated carbocycles. The van der Waals surface area contributed by atoms with E-state index in [0.29, 0.717) is 32.7 Å². The number of hydrogen-bond donors (Lipinski definition) is 0. The van der Waals surface area contributed by atoms with E-state index < -0.39 is 10.0 Å². The first-order valence-electron chi connectivity index (χ1n) is 8.31. The Morgan fingerprint density at radius 1 is 1.16 bits per heavy atom. The Morgan fingerprint density at radius 3 is 2.44 bits per heavy atom. The lowest BCUT2D eigenvalue weighted by Gasteiger charge is -2.33. The van der Waals surface area contributed by atoms with Crippen molar-refractivity contribution >= 4 is 10.0 Å². The molecule has 0 unspecified atom stereocenters. The van der Waals surface area contributed by atoms with E-state index in [9.17, 15) is 8.42 Å². The minimum atomic E-state index is -3.46. The van der Waals surface area contributed by atoms with Gasteiger partial charge in [-0.15, -0.1) is 5.10 Å². The summed E-state index contributed by atoms with van der Waals surface area (Å²) in [6, 6.07) is 3.22. The lowest BCUT2D eigenvalue weighted by atomic mass is 10.1. The fraction of sp³-hybridized carbons (Fsp3) is 0.562. The van der Waals surface area contributed by atoms with Crippen LogP contribution in [0.2, 0.25) is 0 Å². The fourth-order valence-electron chi connectivity index (χ4n) is 2.70. The zero-order valence-corrected chi connectivity index (χ0v) is 15.6. The summed E-state index contributed by atoms with van der Waals surface area (Å²) in [4.78, 5) is 6.35. The Balaban J connectivity index is 1.60. The number of rotatable bonds is 4. The van der Waals surface area contributed by atoms with Gasteiger partial charge in [-0.3, -0.25) is 9.88 Å². The van der Waals surface area contributed by atoms with Crippen LogP contribution in [-0.4, -0.2) is 63.8 Å². The van der Waals surface area contributed by atoms with Gasteiger partial charge in [0.1, 0.15) is 4.90 Å². The molecule has 1 fully saturated rings. The molecule has 0 atom stereocenters. The van der Waals surface area contributed by atoms with Crippen molar-refractivity contribution in [3.8, 4) is 0 Å². The van der Waals surface area contributed by atoms with Crippen LogP contribution in [0.15, 0.2) is 35.6 Å². The van der Waals surface area contributed by atoms with E-state index in [1.807, 2.05) is 10.9 Å². The number of sulfonamides is 1. The summed E-state index contributed by atoms with van der Waals surface area (Å²) in [5.74, 6) is 0. The summed E-state index contributed by atoms with van der Waals surface area (Å²) >= 11 is 0. The molecule has 0 bridgehead atoms. The Morgan fingerprint density at radius 2 is 1.88 bits per heavy atom. The SMILES string of the molecule is CC(C)(C)n1cc(CN2CCN(S(=O)(=O)c3cccnc3)CC2)nn1. The summed E-state index contributed by atoms with van der Waals surface area (Å²) in [6.45, 7) is 9.17. The molecule has 0 radical (unpaired) electrons. The van der Waals surface area contributed by atoms with Crippen molar-refractivity contribution in [1.29, 1.82) is 0 Å². The Kier molecular flexibility index (Phi) is 4.90. The second kappa shape index (κ2) is 6.81. The number of piperazine rings is 1. The number of nitrogens with zero attached hydrogens (tertiary/aromatic N) is 6. The summed E-state index contributed by atoms with van der Waals surface area (Å²) in [6.07, 6.45) is 4.92. The molecule has 8 nitrogen and oxygen atoms in total. The monoisotopic (exact) mass is 364 g/mol. The summed E-state index contributed by atoms with van der Waals surface area (Å²) < 4.78 is 28.6. The average Bonchev–Trinajstić information content (AvgIpc) is 3.05. The van der Waals surface area contributed by atoms with Crippen molar-refractivity contribution in [2.24, 2.45) is 0 Å². The first-order valence-corrected chi connectivity index (χ1v) is 9.75. The van der Waals surface area contributed by atoms with Crippen LogP contribution in [-0.2, 0) is 22.1 Å². The van der Waals surface area contributed by atoms with Gasteiger partial charge in [0.25, 0.3) is 0 Å². The minimum Gasteiger partial charge on any atom is -0.295 e. The summed E-state index contributed by atoms with van der Waals surface area (Å²) in [5.41, 5.74) is 0.806. The van der Waals surface area contributed by atoms with E-state index >= 15 is 0 Å². The topological polar surface area (TPSA) is 84.2 Å². The van der Waals surface area contributed by atoms with Crippen LogP contribution in [0.1, 0.15) is 26.5 Å². The molecule has 0 spiro atoms. The van der Waals surface area contributed by atoms with Gasteiger partial charge in [-0.05, 0) is 32.9 Å². The Labute approximate surface area is 148 Å². The second-order valence-electron chi connectivity index (χ2n) is 7.19. The molecule has 2 aromatic rings. The molecule has 0 aromatic carbocycles. The van der Waals surface area contributed by atoms with Gasteiger partial charge in [0.15, 0.2) is 0 Å². The van der Waals surface area contributed by atoms with Gasteiger partial charge in [-0.1, -0.05) is 5.21 Å². The zero-order chi connectivity index (χ0) is 18.1. The maximum absolute atomic E-state index is 12.6. The van der Waals surface area contributed by atoms with Gasteiger partial charge in [0.05, 0.1) is 17.4 Å². The smallest absolute Gasteiger partial charge is 0.244 e. The maximum atomic E-state index is 12.6. The molecule has 0 N–H and O–H groups in total. The van der Waals surface area contributed by atoms with Crippen LogP contribution >= 0.6 is 0 Å². The number of aromatic nitrogens is 4. The third-order valence-corrected chi connectivity index (χ3v) is 6.10. The Hall–Kier alpha value is -1.84. The first-order chi connectivity index (χ1) is 11.8. The van der Waals surface area contributed by atoms with Crippen LogP contribution in [0.4, 0.5) is 0 Å². The van der Waals surface area contributed by atoms with Crippen LogP contribution < -0.4 is 0 Å². The summed E-state index contributed by atoms with van der Waals surface area (Å²) in [5, 5.41) is 8.40. The lowest BCUT2D eigenvalue weighted by molar-refractivity contribution is 0.180. The van der Waals surface area contributed by atoms with Gasteiger partial charge in [0.2, 0.25) is 10.0 Å². The Bertz CT molecular complexity index is 805. The van der Waals surface area contributed by atoms with Crippen molar-refractivity contribution in [3.63, 3.8) is 0 Å². The zero-order valence-electron chi connectivity index (χ0n) is 14.8. The quantitative estimate of drug-likeness (QED) is 0.803. The molecule has 3 heterocycles. The third-order valence-electron chi connectivity index (χ3n) is 4.22. The standard InChI is InChI=1S/C16H24N6O2S/c1-16(2,3)22-13-14(18-19-22)12-20-7-9-21(10-8-20)25(23,24)15-5-4-6-17-11-15/h4-6,11,13H,7-10,12H2,1-3H3. The third kappa shape index (κ3) is 4.05. The van der Waals surface area contributed by atoms with Gasteiger partial charge in [-0.25, -0.2) is 13.1 Å². The molecule has 136 valence electrons. The molecule has 3 rings (SSSR count). The normalized spacial score (nSPS) is 17.7. The van der Waals surface area contributed by atoms with E-state index in [0.717, 1.165) is 5.69 Å². The molecule has 25 heavy (non-hydrogen) atoms. The van der Waals surface area contributed by atoms with Gasteiger partial charge >= 0.3 is 0 Å². The molecule has 0 aliphatic carbocycles. The van der Waals surface area contributed by atoms with E-state index in [1.165, 1.54) is 10.5 Å². The predicted octanol–water partition coefficient (Wildman–Crippen LogP) is 0.935. The molecule has 1 aliphatic rings. The number of hydrogen-bond acceptors (Lipinski definition) is 6. The van der Waals surface area contributed by atoms with E-state index in [-0.39, 0.29) is 10.4 Å². The highest BCUT2D eigenvalue weighted by atomic mass is 32.2. The van der Waals surface area contributed by atoms with Crippen LogP contribution in [0.3, 0.4) is 0 Å². The highest BCUT2D eigenvalue weighted by Gasteiger charge is 2.29. The molecular weight excluding hydrogens is 340 g/mol. The van der Waals surface area contributed by atoms with Crippen LogP contribution in [0.25, 0.3) is 0 Å². The van der Waals surface area contributed by atoms with Crippen molar-refractivity contribution < 1.29 is 8.42 Å². The molecular formula is C16H24N6O2S. The van der Waals surface area contributed by atoms with Crippen LogP contribution in [0, 0.1) is 0 Å². The number of pyridine rings is 1. The molecule has 9 heteroatoms. The van der Waals surface area contributed by atoms with Crippen molar-refractivity contribution in [1.82, 2.24) is 29.2 Å². The van der Waals surface area contributed by atoms with E-state index in [2.05, 4.69) is 41.0 Å². The van der Waals surface area contributed by atoms with Gasteiger partial charge < -0.3 is 0 Å². The van der Waals surface area contributed by atoms with Crippen molar-refractivity contribution in [3.05, 3.63) is 36.4 Å². The van der Waals surface area contributed by atoms with Crippen molar-refractivity contribution in [2.75, 3.05) is 26.2 Å². The minimum absolute atomic E-state index is 0.0955. The fourth-order valence-corrected chi connectivity index (χ4v) is 4.09. The highest BCUT2D eigenvalue weighted by molar-refractivity contribution is 7.89. The predicted molar refractivity (Wildman–Crippen MR) is 93.3 cm³/mol. The maximum Gasteiger partial charge on any atom is 0.244 e. The van der Waals surface area contributed by atoms with Gasteiger partial charge in [0, 0.05) is 45.1 Å². The first kappa shape index (κ1) is 18.0. The van der Waals surface area contributed by atoms with E-state index in [1.54, 1.807) is 18.3 Å². The molecule has 1 saturated heterocycles. The average molecular weight is 364 g/mol. The molecule has 1 aliphatic heterocycles. The van der Waals surface area contributed by atoms with Gasteiger partial charge in [-0.2, -0.15) is 4.31 Å². The summed E-state index contributed by atoms with van der Waals surface area (Å²) in [7, 11) is -3.46. The van der Waals surface area contributed by atoms with Crippen LogP contribution in [0.5, 0.6) is 0 Å². The molecule has 2 aromatic heterocycles. The largest absolute Gasteiger partial charge is 0.295 e. The lowest BCUT2D eigenvalue weighted by Crippen LogP contribution is -2.48. The molecule has 0 amide bonds.